The number of aliphatic hydroxyl groups is 1. The lowest BCUT2D eigenvalue weighted by atomic mass is 9.94. The number of benzene rings is 1. The third kappa shape index (κ3) is 3.91. The molecule has 0 fully saturated rings. The van der Waals surface area contributed by atoms with E-state index >= 15 is 0 Å². The van der Waals surface area contributed by atoms with Crippen LogP contribution < -0.4 is 5.32 Å². The van der Waals surface area contributed by atoms with Crippen LogP contribution in [0.5, 0.6) is 0 Å². The highest BCUT2D eigenvalue weighted by atomic mass is 19.4. The maximum absolute atomic E-state index is 12.6. The summed E-state index contributed by atoms with van der Waals surface area (Å²) in [6.07, 6.45) is -4.34. The van der Waals surface area contributed by atoms with Gasteiger partial charge in [-0.1, -0.05) is 19.9 Å². The van der Waals surface area contributed by atoms with E-state index in [1.54, 1.807) is 6.92 Å². The standard InChI is InChI=1S/C13H18F3NO/c1-9-4-5-10(13(14,15)16)6-11(9)17-7-12(2,3)8-18/h4-6,17-18H,7-8H2,1-3H3. The highest BCUT2D eigenvalue weighted by Crippen LogP contribution is 2.32. The quantitative estimate of drug-likeness (QED) is 0.870. The molecule has 1 rings (SSSR count). The molecule has 0 saturated heterocycles. The summed E-state index contributed by atoms with van der Waals surface area (Å²) < 4.78 is 37.7. The Balaban J connectivity index is 2.89. The fraction of sp³-hybridized carbons (Fsp3) is 0.538. The lowest BCUT2D eigenvalue weighted by molar-refractivity contribution is -0.137. The van der Waals surface area contributed by atoms with Crippen LogP contribution in [0.1, 0.15) is 25.0 Å². The summed E-state index contributed by atoms with van der Waals surface area (Å²) in [5, 5.41) is 12.1. The van der Waals surface area contributed by atoms with Gasteiger partial charge in [-0.3, -0.25) is 0 Å². The third-order valence-electron chi connectivity index (χ3n) is 2.75. The second-order valence-corrected chi connectivity index (χ2v) is 5.20. The third-order valence-corrected chi connectivity index (χ3v) is 2.75. The molecule has 5 heteroatoms. The molecular weight excluding hydrogens is 243 g/mol. The maximum Gasteiger partial charge on any atom is 0.416 e. The number of hydrogen-bond donors (Lipinski definition) is 2. The van der Waals surface area contributed by atoms with Gasteiger partial charge in [-0.2, -0.15) is 13.2 Å². The van der Waals surface area contributed by atoms with Crippen molar-refractivity contribution in [1.82, 2.24) is 0 Å². The van der Waals surface area contributed by atoms with Crippen LogP contribution in [0.4, 0.5) is 18.9 Å². The van der Waals surface area contributed by atoms with Crippen molar-refractivity contribution in [3.8, 4) is 0 Å². The molecule has 0 aliphatic heterocycles. The van der Waals surface area contributed by atoms with Gasteiger partial charge >= 0.3 is 6.18 Å². The highest BCUT2D eigenvalue weighted by Gasteiger charge is 2.30. The summed E-state index contributed by atoms with van der Waals surface area (Å²) in [7, 11) is 0. The van der Waals surface area contributed by atoms with Crippen LogP contribution in [0, 0.1) is 12.3 Å². The fourth-order valence-electron chi connectivity index (χ4n) is 1.38. The van der Waals surface area contributed by atoms with Crippen molar-refractivity contribution < 1.29 is 18.3 Å². The van der Waals surface area contributed by atoms with E-state index in [4.69, 9.17) is 5.11 Å². The monoisotopic (exact) mass is 261 g/mol. The molecule has 2 nitrogen and oxygen atoms in total. The van der Waals surface area contributed by atoms with Gasteiger partial charge in [0.15, 0.2) is 0 Å². The minimum Gasteiger partial charge on any atom is -0.396 e. The highest BCUT2D eigenvalue weighted by molar-refractivity contribution is 5.53. The molecule has 0 radical (unpaired) electrons. The predicted molar refractivity (Wildman–Crippen MR) is 65.5 cm³/mol. The molecule has 0 heterocycles. The molecule has 102 valence electrons. The summed E-state index contributed by atoms with van der Waals surface area (Å²) in [6.45, 7) is 5.80. The normalized spacial score (nSPS) is 12.6. The molecule has 0 unspecified atom stereocenters. The molecule has 0 atom stereocenters. The van der Waals surface area contributed by atoms with Gasteiger partial charge in [-0.25, -0.2) is 0 Å². The van der Waals surface area contributed by atoms with Gasteiger partial charge in [0, 0.05) is 24.3 Å². The first-order valence-electron chi connectivity index (χ1n) is 5.68. The fourth-order valence-corrected chi connectivity index (χ4v) is 1.38. The SMILES string of the molecule is Cc1ccc(C(F)(F)F)cc1NCC(C)(C)CO. The van der Waals surface area contributed by atoms with Crippen molar-refractivity contribution in [2.45, 2.75) is 26.9 Å². The van der Waals surface area contributed by atoms with E-state index in [1.807, 2.05) is 13.8 Å². The van der Waals surface area contributed by atoms with E-state index in [1.165, 1.54) is 6.07 Å². The summed E-state index contributed by atoms with van der Waals surface area (Å²) in [4.78, 5) is 0. The summed E-state index contributed by atoms with van der Waals surface area (Å²) in [5.74, 6) is 0. The van der Waals surface area contributed by atoms with Gasteiger partial charge in [0.25, 0.3) is 0 Å². The smallest absolute Gasteiger partial charge is 0.396 e. The molecule has 1 aromatic rings. The largest absolute Gasteiger partial charge is 0.416 e. The van der Waals surface area contributed by atoms with Crippen LogP contribution in [-0.4, -0.2) is 18.3 Å². The Hall–Kier alpha value is -1.23. The molecule has 2 N–H and O–H groups in total. The number of aliphatic hydroxyl groups excluding tert-OH is 1. The zero-order valence-corrected chi connectivity index (χ0v) is 10.7. The van der Waals surface area contributed by atoms with Gasteiger partial charge < -0.3 is 10.4 Å². The number of nitrogens with one attached hydrogen (secondary N) is 1. The van der Waals surface area contributed by atoms with Crippen LogP contribution in [0.3, 0.4) is 0 Å². The molecule has 0 bridgehead atoms. The second-order valence-electron chi connectivity index (χ2n) is 5.20. The van der Waals surface area contributed by atoms with Crippen molar-refractivity contribution in [3.63, 3.8) is 0 Å². The molecule has 18 heavy (non-hydrogen) atoms. The first kappa shape index (κ1) is 14.8. The zero-order valence-electron chi connectivity index (χ0n) is 10.7. The Morgan fingerprint density at radius 1 is 1.22 bits per heavy atom. The van der Waals surface area contributed by atoms with E-state index in [0.717, 1.165) is 17.7 Å². The molecule has 1 aromatic carbocycles. The van der Waals surface area contributed by atoms with Crippen LogP contribution in [0.25, 0.3) is 0 Å². The number of alkyl halides is 3. The van der Waals surface area contributed by atoms with E-state index in [0.29, 0.717) is 12.2 Å². The Bertz CT molecular complexity index is 413. The molecule has 0 aromatic heterocycles. The van der Waals surface area contributed by atoms with E-state index in [2.05, 4.69) is 5.32 Å². The topological polar surface area (TPSA) is 32.3 Å². The minimum atomic E-state index is -4.34. The van der Waals surface area contributed by atoms with Crippen molar-refractivity contribution in [1.29, 1.82) is 0 Å². The Morgan fingerprint density at radius 3 is 2.33 bits per heavy atom. The summed E-state index contributed by atoms with van der Waals surface area (Å²) >= 11 is 0. The average Bonchev–Trinajstić information content (AvgIpc) is 2.26. The lowest BCUT2D eigenvalue weighted by Crippen LogP contribution is -2.27. The van der Waals surface area contributed by atoms with Crippen molar-refractivity contribution in [2.75, 3.05) is 18.5 Å². The second kappa shape index (κ2) is 5.18. The summed E-state index contributed by atoms with van der Waals surface area (Å²) in [5.41, 5.74) is 0.154. The minimum absolute atomic E-state index is 0.0298. The Kier molecular flexibility index (Phi) is 4.27. The number of halogens is 3. The molecule has 0 saturated carbocycles. The van der Waals surface area contributed by atoms with Crippen LogP contribution in [-0.2, 0) is 6.18 Å². The van der Waals surface area contributed by atoms with Gasteiger partial charge in [-0.15, -0.1) is 0 Å². The van der Waals surface area contributed by atoms with Crippen LogP contribution in [0.2, 0.25) is 0 Å². The van der Waals surface area contributed by atoms with Gasteiger partial charge in [0.2, 0.25) is 0 Å². The van der Waals surface area contributed by atoms with Crippen LogP contribution >= 0.6 is 0 Å². The zero-order chi connectivity index (χ0) is 14.0. The number of anilines is 1. The molecule has 0 amide bonds. The van der Waals surface area contributed by atoms with Crippen molar-refractivity contribution >= 4 is 5.69 Å². The van der Waals surface area contributed by atoms with Gasteiger partial charge in [-0.05, 0) is 24.6 Å². The van der Waals surface area contributed by atoms with E-state index < -0.39 is 11.7 Å². The molecule has 0 aliphatic rings. The molecule has 0 spiro atoms. The van der Waals surface area contributed by atoms with Gasteiger partial charge in [0.1, 0.15) is 0 Å². The number of aryl methyl sites for hydroxylation is 1. The molecular formula is C13H18F3NO. The van der Waals surface area contributed by atoms with E-state index in [-0.39, 0.29) is 12.0 Å². The number of hydrogen-bond acceptors (Lipinski definition) is 2. The predicted octanol–water partition coefficient (Wildman–Crippen LogP) is 3.44. The first-order valence-corrected chi connectivity index (χ1v) is 5.68. The Morgan fingerprint density at radius 2 is 1.83 bits per heavy atom. The van der Waals surface area contributed by atoms with Crippen molar-refractivity contribution in [3.05, 3.63) is 29.3 Å². The average molecular weight is 261 g/mol. The maximum atomic E-state index is 12.6. The molecule has 0 aliphatic carbocycles. The van der Waals surface area contributed by atoms with Crippen LogP contribution in [0.15, 0.2) is 18.2 Å². The summed E-state index contributed by atoms with van der Waals surface area (Å²) in [6, 6.07) is 3.61. The number of rotatable bonds is 4. The van der Waals surface area contributed by atoms with Gasteiger partial charge in [0.05, 0.1) is 5.56 Å². The Labute approximate surface area is 105 Å². The van der Waals surface area contributed by atoms with E-state index in [9.17, 15) is 13.2 Å². The first-order chi connectivity index (χ1) is 8.15. The lowest BCUT2D eigenvalue weighted by Gasteiger charge is -2.23. The van der Waals surface area contributed by atoms with Crippen molar-refractivity contribution in [2.24, 2.45) is 5.41 Å².